The molecule has 0 heterocycles. The van der Waals surface area contributed by atoms with Crippen molar-refractivity contribution in [3.05, 3.63) is 71.7 Å². The maximum Gasteiger partial charge on any atom is 0.341 e. The van der Waals surface area contributed by atoms with E-state index in [1.54, 1.807) is 29.4 Å². The first-order chi connectivity index (χ1) is 13.6. The second-order valence-electron chi connectivity index (χ2n) is 6.45. The molecule has 0 radical (unpaired) electrons. The lowest BCUT2D eigenvalue weighted by Gasteiger charge is -2.19. The summed E-state index contributed by atoms with van der Waals surface area (Å²) in [4.78, 5) is 16.6. The predicted octanol–water partition coefficient (Wildman–Crippen LogP) is 5.53. The average Bonchev–Trinajstić information content (AvgIpc) is 3.54. The van der Waals surface area contributed by atoms with Crippen molar-refractivity contribution < 1.29 is 18.7 Å². The normalized spacial score (nSPS) is 15.5. The molecule has 0 saturated heterocycles. The molecular formula is C22H22FNO3S. The second kappa shape index (κ2) is 9.55. The van der Waals surface area contributed by atoms with Gasteiger partial charge in [-0.3, -0.25) is 0 Å². The summed E-state index contributed by atoms with van der Waals surface area (Å²) in [6, 6.07) is 14.0. The Morgan fingerprint density at radius 1 is 1.21 bits per heavy atom. The van der Waals surface area contributed by atoms with Gasteiger partial charge in [-0.05, 0) is 48.1 Å². The predicted molar refractivity (Wildman–Crippen MR) is 111 cm³/mol. The minimum Gasteiger partial charge on any atom is -0.503 e. The van der Waals surface area contributed by atoms with Gasteiger partial charge >= 0.3 is 5.97 Å². The van der Waals surface area contributed by atoms with Crippen molar-refractivity contribution in [3.63, 3.8) is 0 Å². The summed E-state index contributed by atoms with van der Waals surface area (Å²) >= 11 is 1.58. The molecule has 0 N–H and O–H groups in total. The van der Waals surface area contributed by atoms with Crippen LogP contribution in [0.5, 0.6) is 0 Å². The van der Waals surface area contributed by atoms with E-state index in [9.17, 15) is 9.18 Å². The van der Waals surface area contributed by atoms with E-state index in [2.05, 4.69) is 4.99 Å². The Morgan fingerprint density at radius 3 is 2.68 bits per heavy atom. The van der Waals surface area contributed by atoms with Gasteiger partial charge in [-0.25, -0.2) is 14.2 Å². The molecule has 0 spiro atoms. The van der Waals surface area contributed by atoms with Crippen LogP contribution in [0.3, 0.4) is 0 Å². The summed E-state index contributed by atoms with van der Waals surface area (Å²) in [5.41, 5.74) is 4.54. The molecule has 0 bridgehead atoms. The SMILES string of the molecule is CO/C=C(\C(=O)OC)c1ccccc1C(SC=Nc1cccc(F)c1)C1CC1. The lowest BCUT2D eigenvalue weighted by Crippen LogP contribution is -2.09. The van der Waals surface area contributed by atoms with Gasteiger partial charge < -0.3 is 9.47 Å². The molecule has 3 rings (SSSR count). The van der Waals surface area contributed by atoms with Gasteiger partial charge in [0, 0.05) is 5.25 Å². The summed E-state index contributed by atoms with van der Waals surface area (Å²) in [7, 11) is 2.86. The first kappa shape index (κ1) is 20.1. The number of benzene rings is 2. The zero-order chi connectivity index (χ0) is 19.9. The largest absolute Gasteiger partial charge is 0.503 e. The summed E-state index contributed by atoms with van der Waals surface area (Å²) < 4.78 is 23.4. The molecule has 0 amide bonds. The van der Waals surface area contributed by atoms with Crippen molar-refractivity contribution in [3.8, 4) is 0 Å². The van der Waals surface area contributed by atoms with Gasteiger partial charge in [0.1, 0.15) is 11.4 Å². The molecule has 4 nitrogen and oxygen atoms in total. The second-order valence-corrected chi connectivity index (χ2v) is 7.45. The maximum atomic E-state index is 13.3. The summed E-state index contributed by atoms with van der Waals surface area (Å²) in [6.07, 6.45) is 3.67. The van der Waals surface area contributed by atoms with E-state index in [0.29, 0.717) is 17.2 Å². The van der Waals surface area contributed by atoms with E-state index >= 15 is 0 Å². The van der Waals surface area contributed by atoms with Crippen LogP contribution >= 0.6 is 11.8 Å². The van der Waals surface area contributed by atoms with Crippen LogP contribution in [0.2, 0.25) is 0 Å². The molecule has 1 saturated carbocycles. The Kier molecular flexibility index (Phi) is 6.87. The van der Waals surface area contributed by atoms with Gasteiger partial charge in [-0.15, -0.1) is 11.8 Å². The molecule has 2 aromatic rings. The molecule has 2 aromatic carbocycles. The number of ether oxygens (including phenoxy) is 2. The van der Waals surface area contributed by atoms with Crippen molar-refractivity contribution in [2.24, 2.45) is 10.9 Å². The lowest BCUT2D eigenvalue weighted by molar-refractivity contribution is -0.133. The molecule has 6 heteroatoms. The zero-order valence-electron chi connectivity index (χ0n) is 15.8. The molecule has 0 aromatic heterocycles. The monoisotopic (exact) mass is 399 g/mol. The van der Waals surface area contributed by atoms with Crippen LogP contribution in [-0.2, 0) is 14.3 Å². The quantitative estimate of drug-likeness (QED) is 0.192. The van der Waals surface area contributed by atoms with Crippen molar-refractivity contribution in [1.82, 2.24) is 0 Å². The highest BCUT2D eigenvalue weighted by atomic mass is 32.2. The maximum absolute atomic E-state index is 13.3. The Bertz CT molecular complexity index is 893. The van der Waals surface area contributed by atoms with Crippen LogP contribution in [0.15, 0.2) is 59.8 Å². The Labute approximate surface area is 168 Å². The van der Waals surface area contributed by atoms with Gasteiger partial charge in [0.25, 0.3) is 0 Å². The molecule has 146 valence electrons. The number of rotatable bonds is 8. The highest BCUT2D eigenvalue weighted by molar-refractivity contribution is 8.12. The van der Waals surface area contributed by atoms with Crippen LogP contribution in [0.1, 0.15) is 29.2 Å². The first-order valence-corrected chi connectivity index (χ1v) is 9.92. The molecule has 1 aliphatic rings. The smallest absolute Gasteiger partial charge is 0.341 e. The zero-order valence-corrected chi connectivity index (χ0v) is 16.6. The Balaban J connectivity index is 1.89. The van der Waals surface area contributed by atoms with Crippen LogP contribution in [0.4, 0.5) is 10.1 Å². The van der Waals surface area contributed by atoms with E-state index in [1.807, 2.05) is 24.3 Å². The molecule has 1 unspecified atom stereocenters. The fraction of sp³-hybridized carbons (Fsp3) is 0.273. The fourth-order valence-corrected chi connectivity index (χ4v) is 4.15. The summed E-state index contributed by atoms with van der Waals surface area (Å²) in [5.74, 6) is -0.245. The van der Waals surface area contributed by atoms with E-state index in [-0.39, 0.29) is 11.1 Å². The summed E-state index contributed by atoms with van der Waals surface area (Å²) in [6.45, 7) is 0. The third-order valence-corrected chi connectivity index (χ3v) is 5.63. The number of methoxy groups -OCH3 is 2. The van der Waals surface area contributed by atoms with Crippen LogP contribution in [0.25, 0.3) is 5.57 Å². The van der Waals surface area contributed by atoms with Crippen LogP contribution in [0, 0.1) is 11.7 Å². The average molecular weight is 399 g/mol. The van der Waals surface area contributed by atoms with Gasteiger partial charge in [-0.1, -0.05) is 30.3 Å². The third-order valence-electron chi connectivity index (χ3n) is 4.47. The lowest BCUT2D eigenvalue weighted by atomic mass is 9.96. The van der Waals surface area contributed by atoms with E-state index in [1.165, 1.54) is 32.6 Å². The molecule has 1 fully saturated rings. The number of carbonyl (C=O) groups excluding carboxylic acids is 1. The first-order valence-electron chi connectivity index (χ1n) is 8.98. The Hall–Kier alpha value is -2.60. The summed E-state index contributed by atoms with van der Waals surface area (Å²) in [5, 5.41) is 0.137. The molecule has 1 atom stereocenters. The fourth-order valence-electron chi connectivity index (χ4n) is 2.99. The highest BCUT2D eigenvalue weighted by Gasteiger charge is 2.34. The standard InChI is InChI=1S/C22H22FNO3S/c1-26-13-20(22(25)27-2)18-8-3-4-9-19(18)21(15-10-11-15)28-14-24-17-7-5-6-16(23)12-17/h3-9,12-15,21H,10-11H2,1-2H3/b20-13-,24-14?. The van der Waals surface area contributed by atoms with Crippen LogP contribution < -0.4 is 0 Å². The van der Waals surface area contributed by atoms with E-state index < -0.39 is 5.97 Å². The number of hydrogen-bond donors (Lipinski definition) is 0. The number of carbonyl (C=O) groups is 1. The third kappa shape index (κ3) is 5.01. The topological polar surface area (TPSA) is 47.9 Å². The Morgan fingerprint density at radius 2 is 2.00 bits per heavy atom. The van der Waals surface area contributed by atoms with E-state index in [4.69, 9.17) is 9.47 Å². The number of thioether (sulfide) groups is 1. The number of aliphatic imine (C=N–C) groups is 1. The van der Waals surface area contributed by atoms with Crippen molar-refractivity contribution >= 4 is 34.5 Å². The van der Waals surface area contributed by atoms with Crippen molar-refractivity contribution in [2.75, 3.05) is 14.2 Å². The number of esters is 1. The van der Waals surface area contributed by atoms with Crippen LogP contribution in [-0.4, -0.2) is 25.7 Å². The van der Waals surface area contributed by atoms with E-state index in [0.717, 1.165) is 24.0 Å². The molecule has 0 aliphatic heterocycles. The van der Waals surface area contributed by atoms with Gasteiger partial charge in [0.2, 0.25) is 0 Å². The number of halogens is 1. The molecule has 1 aliphatic carbocycles. The number of nitrogens with zero attached hydrogens (tertiary/aromatic N) is 1. The minimum absolute atomic E-state index is 0.137. The van der Waals surface area contributed by atoms with Gasteiger partial charge in [-0.2, -0.15) is 0 Å². The van der Waals surface area contributed by atoms with Gasteiger partial charge in [0.15, 0.2) is 0 Å². The van der Waals surface area contributed by atoms with Crippen molar-refractivity contribution in [1.29, 1.82) is 0 Å². The number of hydrogen-bond acceptors (Lipinski definition) is 5. The van der Waals surface area contributed by atoms with Crippen molar-refractivity contribution in [2.45, 2.75) is 18.1 Å². The highest BCUT2D eigenvalue weighted by Crippen LogP contribution is 2.50. The minimum atomic E-state index is -0.442. The molecule has 28 heavy (non-hydrogen) atoms. The van der Waals surface area contributed by atoms with Gasteiger partial charge in [0.05, 0.1) is 31.7 Å². The molecular weight excluding hydrogens is 377 g/mol.